The Labute approximate surface area is 210 Å². The number of alkyl halides is 3. The van der Waals surface area contributed by atoms with Gasteiger partial charge in [-0.05, 0) is 74.1 Å². The molecule has 194 valence electrons. The fraction of sp³-hybridized carbons (Fsp3) is 0.500. The molecule has 2 aliphatic carbocycles. The van der Waals surface area contributed by atoms with Crippen molar-refractivity contribution < 1.29 is 27.9 Å². The van der Waals surface area contributed by atoms with E-state index >= 15 is 0 Å². The van der Waals surface area contributed by atoms with Crippen molar-refractivity contribution in [2.75, 3.05) is 6.54 Å². The highest BCUT2D eigenvalue weighted by Crippen LogP contribution is 2.43. The van der Waals surface area contributed by atoms with Crippen molar-refractivity contribution in [3.8, 4) is 0 Å². The molecular weight excluding hydrogens is 469 g/mol. The zero-order valence-corrected chi connectivity index (χ0v) is 21.0. The molecule has 1 aliphatic heterocycles. The number of hydrogen-bond donors (Lipinski definition) is 1. The number of aliphatic carboxylic acids is 1. The molecule has 1 saturated heterocycles. The fourth-order valence-electron chi connectivity index (χ4n) is 5.30. The lowest BCUT2D eigenvalue weighted by atomic mass is 9.86. The molecule has 1 saturated carbocycles. The highest BCUT2D eigenvalue weighted by Gasteiger charge is 2.45. The lowest BCUT2D eigenvalue weighted by Crippen LogP contribution is -2.45. The molecule has 5 nitrogen and oxygen atoms in total. The number of allylic oxidation sites excluding steroid dienone is 3. The van der Waals surface area contributed by atoms with Gasteiger partial charge < -0.3 is 10.0 Å². The van der Waals surface area contributed by atoms with Gasteiger partial charge in [-0.2, -0.15) is 13.2 Å². The van der Waals surface area contributed by atoms with E-state index in [1.54, 1.807) is 11.0 Å². The third-order valence-corrected chi connectivity index (χ3v) is 7.68. The van der Waals surface area contributed by atoms with E-state index in [1.807, 2.05) is 43.9 Å². The van der Waals surface area contributed by atoms with Crippen molar-refractivity contribution in [1.29, 1.82) is 0 Å². The molecule has 3 aliphatic rings. The molecule has 1 N–H and O–H groups in total. The summed E-state index contributed by atoms with van der Waals surface area (Å²) in [7, 11) is 0. The first kappa shape index (κ1) is 26.0. The monoisotopic (exact) mass is 502 g/mol. The number of carbonyl (C=O) groups is 2. The second kappa shape index (κ2) is 9.79. The maximum absolute atomic E-state index is 13.2. The van der Waals surface area contributed by atoms with Crippen molar-refractivity contribution in [2.24, 2.45) is 0 Å². The third-order valence-electron chi connectivity index (χ3n) is 7.68. The molecule has 0 bridgehead atoms. The lowest BCUT2D eigenvalue weighted by Gasteiger charge is -2.42. The second-order valence-electron chi connectivity index (χ2n) is 10.4. The van der Waals surface area contributed by atoms with E-state index in [0.717, 1.165) is 47.8 Å². The van der Waals surface area contributed by atoms with Crippen LogP contribution in [0, 0.1) is 6.92 Å². The van der Waals surface area contributed by atoms with Gasteiger partial charge >= 0.3 is 12.1 Å². The van der Waals surface area contributed by atoms with Crippen LogP contribution in [0.2, 0.25) is 0 Å². The first-order chi connectivity index (χ1) is 16.9. The Morgan fingerprint density at radius 3 is 2.50 bits per heavy atom. The molecule has 1 aromatic carbocycles. The molecule has 36 heavy (non-hydrogen) atoms. The predicted octanol–water partition coefficient (Wildman–Crippen LogP) is 6.21. The molecule has 2 fully saturated rings. The van der Waals surface area contributed by atoms with Gasteiger partial charge in [-0.15, -0.1) is 0 Å². The van der Waals surface area contributed by atoms with Crippen LogP contribution < -0.4 is 0 Å². The number of nitrogens with zero attached hydrogens (tertiary/aromatic N) is 2. The van der Waals surface area contributed by atoms with E-state index in [-0.39, 0.29) is 31.2 Å². The standard InChI is InChI=1S/C28H33F3N2O3/c1-18(7-10-25(35)36)23-9-8-20(15-19(23)2)16-32-24(34)17-33(26(32)21-5-4-6-21)27(3)13-11-22(12-14-27)28(29,30)31/h8-9,11-13,15,18H,4-7,10,14,16-17H2,1-3H3,(H,35,36). The minimum absolute atomic E-state index is 0.0545. The maximum Gasteiger partial charge on any atom is 0.416 e. The van der Waals surface area contributed by atoms with Gasteiger partial charge in [0.05, 0.1) is 24.2 Å². The van der Waals surface area contributed by atoms with Crippen LogP contribution in [0.25, 0.3) is 0 Å². The molecule has 8 heteroatoms. The molecule has 1 heterocycles. The number of benzene rings is 1. The summed E-state index contributed by atoms with van der Waals surface area (Å²) in [6, 6.07) is 6.05. The average Bonchev–Trinajstić information content (AvgIpc) is 3.07. The quantitative estimate of drug-likeness (QED) is 0.482. The largest absolute Gasteiger partial charge is 0.481 e. The summed E-state index contributed by atoms with van der Waals surface area (Å²) in [5.41, 5.74) is 2.94. The fourth-order valence-corrected chi connectivity index (χ4v) is 5.30. The molecule has 2 atom stereocenters. The molecular formula is C28H33F3N2O3. The van der Waals surface area contributed by atoms with Gasteiger partial charge in [0.25, 0.3) is 0 Å². The highest BCUT2D eigenvalue weighted by molar-refractivity contribution is 5.83. The topological polar surface area (TPSA) is 60.9 Å². The summed E-state index contributed by atoms with van der Waals surface area (Å²) >= 11 is 0. The zero-order chi connectivity index (χ0) is 26.3. The molecule has 2 unspecified atom stereocenters. The predicted molar refractivity (Wildman–Crippen MR) is 131 cm³/mol. The van der Waals surface area contributed by atoms with Gasteiger partial charge in [0.1, 0.15) is 5.82 Å². The molecule has 0 radical (unpaired) electrons. The van der Waals surface area contributed by atoms with Crippen molar-refractivity contribution in [2.45, 2.75) is 83.5 Å². The van der Waals surface area contributed by atoms with E-state index < -0.39 is 23.3 Å². The van der Waals surface area contributed by atoms with Crippen molar-refractivity contribution in [3.05, 3.63) is 70.1 Å². The van der Waals surface area contributed by atoms with Gasteiger partial charge in [-0.3, -0.25) is 14.5 Å². The summed E-state index contributed by atoms with van der Waals surface area (Å²) in [6.45, 7) is 6.43. The summed E-state index contributed by atoms with van der Waals surface area (Å²) in [6.07, 6.45) is 3.23. The van der Waals surface area contributed by atoms with Crippen molar-refractivity contribution in [1.82, 2.24) is 9.80 Å². The maximum atomic E-state index is 13.2. The van der Waals surface area contributed by atoms with Crippen LogP contribution in [0.15, 0.2) is 53.4 Å². The van der Waals surface area contributed by atoms with Crippen molar-refractivity contribution in [3.63, 3.8) is 0 Å². The van der Waals surface area contributed by atoms with Gasteiger partial charge in [0.2, 0.25) is 5.91 Å². The first-order valence-corrected chi connectivity index (χ1v) is 12.5. The lowest BCUT2D eigenvalue weighted by molar-refractivity contribution is -0.137. The molecule has 0 aromatic heterocycles. The van der Waals surface area contributed by atoms with E-state index in [1.165, 1.54) is 11.6 Å². The van der Waals surface area contributed by atoms with Crippen LogP contribution in [-0.4, -0.2) is 45.0 Å². The number of carboxylic acids is 1. The zero-order valence-electron chi connectivity index (χ0n) is 21.0. The number of carboxylic acid groups (broad SMARTS) is 1. The Balaban J connectivity index is 1.56. The minimum atomic E-state index is -4.38. The molecule has 4 rings (SSSR count). The Kier molecular flexibility index (Phi) is 7.08. The van der Waals surface area contributed by atoms with Gasteiger partial charge in [0.15, 0.2) is 0 Å². The summed E-state index contributed by atoms with van der Waals surface area (Å²) in [5.74, 6) is 0.0933. The van der Waals surface area contributed by atoms with E-state index in [0.29, 0.717) is 13.0 Å². The van der Waals surface area contributed by atoms with Crippen LogP contribution in [0.5, 0.6) is 0 Å². The Bertz CT molecular complexity index is 1150. The van der Waals surface area contributed by atoms with Gasteiger partial charge in [0, 0.05) is 6.42 Å². The Morgan fingerprint density at radius 1 is 1.25 bits per heavy atom. The summed E-state index contributed by atoms with van der Waals surface area (Å²) in [5, 5.41) is 8.98. The van der Waals surface area contributed by atoms with E-state index in [9.17, 15) is 22.8 Å². The summed E-state index contributed by atoms with van der Waals surface area (Å²) < 4.78 is 39.5. The van der Waals surface area contributed by atoms with Crippen LogP contribution in [-0.2, 0) is 16.1 Å². The average molecular weight is 503 g/mol. The van der Waals surface area contributed by atoms with Crippen LogP contribution in [0.4, 0.5) is 13.2 Å². The number of halogens is 3. The third kappa shape index (κ3) is 5.22. The Morgan fingerprint density at radius 2 is 1.97 bits per heavy atom. The molecule has 1 aromatic rings. The SMILES string of the molecule is Cc1cc(CN2C(=O)CN(C3(C)C=CC(C(F)(F)F)=CC3)C2=C2CCC2)ccc1C(C)CCC(=O)O. The van der Waals surface area contributed by atoms with Gasteiger partial charge in [-0.25, -0.2) is 0 Å². The normalized spacial score (nSPS) is 23.2. The summed E-state index contributed by atoms with van der Waals surface area (Å²) in [4.78, 5) is 27.9. The van der Waals surface area contributed by atoms with Crippen LogP contribution in [0.3, 0.4) is 0 Å². The minimum Gasteiger partial charge on any atom is -0.481 e. The smallest absolute Gasteiger partial charge is 0.416 e. The van der Waals surface area contributed by atoms with Crippen LogP contribution >= 0.6 is 0 Å². The molecule has 0 spiro atoms. The van der Waals surface area contributed by atoms with Gasteiger partial charge in [-0.1, -0.05) is 43.4 Å². The highest BCUT2D eigenvalue weighted by atomic mass is 19.4. The van der Waals surface area contributed by atoms with Crippen LogP contribution in [0.1, 0.15) is 75.0 Å². The Hall–Kier alpha value is -3.03. The number of aryl methyl sites for hydroxylation is 1. The number of amides is 1. The number of rotatable bonds is 7. The number of carbonyl (C=O) groups excluding carboxylic acids is 1. The van der Waals surface area contributed by atoms with E-state index in [2.05, 4.69) is 0 Å². The molecule has 1 amide bonds. The van der Waals surface area contributed by atoms with E-state index in [4.69, 9.17) is 5.11 Å². The van der Waals surface area contributed by atoms with Crippen molar-refractivity contribution >= 4 is 11.9 Å². The number of hydrogen-bond acceptors (Lipinski definition) is 3. The first-order valence-electron chi connectivity index (χ1n) is 12.5. The second-order valence-corrected chi connectivity index (χ2v) is 10.4.